The number of fused-ring (bicyclic) bond motifs is 1. The van der Waals surface area contributed by atoms with Crippen molar-refractivity contribution in [2.45, 2.75) is 13.8 Å². The molecule has 0 spiro atoms. The summed E-state index contributed by atoms with van der Waals surface area (Å²) in [7, 11) is 0. The van der Waals surface area contributed by atoms with E-state index in [0.717, 1.165) is 11.3 Å². The highest BCUT2D eigenvalue weighted by molar-refractivity contribution is 6.01. The molecule has 0 amide bonds. The second kappa shape index (κ2) is 3.76. The quantitative estimate of drug-likeness (QED) is 0.692. The fraction of sp³-hybridized carbons (Fsp3) is 0.167. The number of hydrogen-bond donors (Lipinski definition) is 1. The molecule has 0 aliphatic carbocycles. The van der Waals surface area contributed by atoms with Gasteiger partial charge in [-0.1, -0.05) is 0 Å². The molecule has 0 bridgehead atoms. The van der Waals surface area contributed by atoms with Crippen LogP contribution in [-0.4, -0.2) is 30.6 Å². The molecule has 0 unspecified atom stereocenters. The van der Waals surface area contributed by atoms with E-state index in [9.17, 15) is 4.79 Å². The zero-order valence-electron chi connectivity index (χ0n) is 10.0. The van der Waals surface area contributed by atoms with Crippen LogP contribution >= 0.6 is 0 Å². The van der Waals surface area contributed by atoms with Gasteiger partial charge in [-0.2, -0.15) is 0 Å². The number of aryl methyl sites for hydroxylation is 1. The van der Waals surface area contributed by atoms with E-state index in [1.54, 1.807) is 16.9 Å². The van der Waals surface area contributed by atoms with E-state index in [1.165, 1.54) is 6.92 Å². The standard InChI is InChI=1S/C12H11N5O/c1-7-10(8(2)18)12-15-14-11(17(12)16-7)9-3-5-13-6-4-9/h3-6,16H,1-2H3. The molecule has 3 aromatic rings. The van der Waals surface area contributed by atoms with E-state index >= 15 is 0 Å². The van der Waals surface area contributed by atoms with Crippen LogP contribution in [0.5, 0.6) is 0 Å². The Morgan fingerprint density at radius 1 is 1.28 bits per heavy atom. The van der Waals surface area contributed by atoms with Crippen LogP contribution in [0.2, 0.25) is 0 Å². The Bertz CT molecular complexity index is 726. The van der Waals surface area contributed by atoms with Crippen LogP contribution in [0, 0.1) is 6.92 Å². The molecule has 0 aliphatic heterocycles. The zero-order valence-corrected chi connectivity index (χ0v) is 10.0. The zero-order chi connectivity index (χ0) is 12.7. The first-order valence-corrected chi connectivity index (χ1v) is 5.53. The van der Waals surface area contributed by atoms with E-state index in [0.29, 0.717) is 17.0 Å². The number of hydrogen-bond acceptors (Lipinski definition) is 4. The van der Waals surface area contributed by atoms with Crippen LogP contribution < -0.4 is 0 Å². The summed E-state index contributed by atoms with van der Waals surface area (Å²) < 4.78 is 1.72. The fourth-order valence-corrected chi connectivity index (χ4v) is 2.05. The van der Waals surface area contributed by atoms with E-state index in [1.807, 2.05) is 19.1 Å². The van der Waals surface area contributed by atoms with Gasteiger partial charge in [0.2, 0.25) is 0 Å². The minimum atomic E-state index is -0.0209. The lowest BCUT2D eigenvalue weighted by Crippen LogP contribution is -1.93. The van der Waals surface area contributed by atoms with Gasteiger partial charge in [0, 0.05) is 23.7 Å². The second-order valence-electron chi connectivity index (χ2n) is 4.09. The monoisotopic (exact) mass is 241 g/mol. The third-order valence-corrected chi connectivity index (χ3v) is 2.83. The van der Waals surface area contributed by atoms with E-state index < -0.39 is 0 Å². The third-order valence-electron chi connectivity index (χ3n) is 2.83. The number of aromatic nitrogens is 5. The summed E-state index contributed by atoms with van der Waals surface area (Å²) in [6.45, 7) is 3.37. The van der Waals surface area contributed by atoms with Gasteiger partial charge in [-0.3, -0.25) is 14.9 Å². The number of H-pyrrole nitrogens is 1. The van der Waals surface area contributed by atoms with Gasteiger partial charge in [0.25, 0.3) is 0 Å². The topological polar surface area (TPSA) is 75.9 Å². The smallest absolute Gasteiger partial charge is 0.188 e. The highest BCUT2D eigenvalue weighted by Crippen LogP contribution is 2.21. The van der Waals surface area contributed by atoms with Crippen molar-refractivity contribution < 1.29 is 4.79 Å². The number of nitrogens with one attached hydrogen (secondary N) is 1. The summed E-state index contributed by atoms with van der Waals surface area (Å²) in [4.78, 5) is 15.5. The molecule has 1 N–H and O–H groups in total. The molecule has 6 heteroatoms. The Balaban J connectivity index is 2.28. The Morgan fingerprint density at radius 2 is 2.00 bits per heavy atom. The van der Waals surface area contributed by atoms with Gasteiger partial charge in [0.1, 0.15) is 0 Å². The Kier molecular flexibility index (Phi) is 2.22. The molecular weight excluding hydrogens is 230 g/mol. The Labute approximate surface area is 103 Å². The van der Waals surface area contributed by atoms with Crippen LogP contribution in [-0.2, 0) is 0 Å². The number of Topliss-reactive ketones (excluding diaryl/α,β-unsaturated/α-hetero) is 1. The van der Waals surface area contributed by atoms with Gasteiger partial charge >= 0.3 is 0 Å². The largest absolute Gasteiger partial charge is 0.294 e. The number of carbonyl (C=O) groups is 1. The molecule has 0 fully saturated rings. The molecule has 18 heavy (non-hydrogen) atoms. The van der Waals surface area contributed by atoms with Gasteiger partial charge in [-0.15, -0.1) is 10.2 Å². The molecule has 0 radical (unpaired) electrons. The van der Waals surface area contributed by atoms with Crippen LogP contribution in [0.4, 0.5) is 0 Å². The number of rotatable bonds is 2. The van der Waals surface area contributed by atoms with Crippen molar-refractivity contribution in [3.8, 4) is 11.4 Å². The molecule has 0 aromatic carbocycles. The lowest BCUT2D eigenvalue weighted by Gasteiger charge is -1.95. The van der Waals surface area contributed by atoms with Gasteiger partial charge in [-0.05, 0) is 26.0 Å². The maximum atomic E-state index is 11.6. The van der Waals surface area contributed by atoms with Gasteiger partial charge in [-0.25, -0.2) is 4.52 Å². The number of nitrogens with zero attached hydrogens (tertiary/aromatic N) is 4. The summed E-state index contributed by atoms with van der Waals surface area (Å²) in [5.74, 6) is 0.649. The lowest BCUT2D eigenvalue weighted by atomic mass is 10.2. The molecular formula is C12H11N5O. The predicted molar refractivity (Wildman–Crippen MR) is 65.3 cm³/mol. The van der Waals surface area contributed by atoms with Gasteiger partial charge in [0.05, 0.1) is 5.56 Å². The first-order valence-electron chi connectivity index (χ1n) is 5.53. The lowest BCUT2D eigenvalue weighted by molar-refractivity contribution is 0.101. The van der Waals surface area contributed by atoms with Crippen molar-refractivity contribution in [2.24, 2.45) is 0 Å². The summed E-state index contributed by atoms with van der Waals surface area (Å²) in [5, 5.41) is 11.3. The fourth-order valence-electron chi connectivity index (χ4n) is 2.05. The molecule has 0 atom stereocenters. The summed E-state index contributed by atoms with van der Waals surface area (Å²) in [5.41, 5.74) is 2.84. The molecule has 3 aromatic heterocycles. The van der Waals surface area contributed by atoms with E-state index in [-0.39, 0.29) is 5.78 Å². The molecule has 3 heterocycles. The minimum Gasteiger partial charge on any atom is -0.294 e. The summed E-state index contributed by atoms with van der Waals surface area (Å²) >= 11 is 0. The Hall–Kier alpha value is -2.50. The first kappa shape index (κ1) is 10.6. The van der Waals surface area contributed by atoms with Crippen LogP contribution in [0.25, 0.3) is 17.0 Å². The SMILES string of the molecule is CC(=O)c1c(C)[nH]n2c(-c3ccncc3)nnc12. The highest BCUT2D eigenvalue weighted by atomic mass is 16.1. The molecule has 3 rings (SSSR count). The Morgan fingerprint density at radius 3 is 2.67 bits per heavy atom. The van der Waals surface area contributed by atoms with Crippen molar-refractivity contribution in [3.63, 3.8) is 0 Å². The van der Waals surface area contributed by atoms with Crippen molar-refractivity contribution in [3.05, 3.63) is 35.8 Å². The van der Waals surface area contributed by atoms with Crippen molar-refractivity contribution in [1.29, 1.82) is 0 Å². The van der Waals surface area contributed by atoms with Gasteiger partial charge in [0.15, 0.2) is 17.3 Å². The molecule has 6 nitrogen and oxygen atoms in total. The van der Waals surface area contributed by atoms with Crippen molar-refractivity contribution in [2.75, 3.05) is 0 Å². The number of ketones is 1. The molecule has 90 valence electrons. The second-order valence-corrected chi connectivity index (χ2v) is 4.09. The normalized spacial score (nSPS) is 11.0. The molecule has 0 saturated heterocycles. The summed E-state index contributed by atoms with van der Waals surface area (Å²) in [6, 6.07) is 3.69. The molecule has 0 aliphatic rings. The van der Waals surface area contributed by atoms with Crippen molar-refractivity contribution in [1.82, 2.24) is 24.8 Å². The van der Waals surface area contributed by atoms with E-state index in [4.69, 9.17) is 0 Å². The van der Waals surface area contributed by atoms with Crippen LogP contribution in [0.15, 0.2) is 24.5 Å². The summed E-state index contributed by atoms with van der Waals surface area (Å²) in [6.07, 6.45) is 3.39. The predicted octanol–water partition coefficient (Wildman–Crippen LogP) is 1.63. The van der Waals surface area contributed by atoms with Crippen LogP contribution in [0.3, 0.4) is 0 Å². The third kappa shape index (κ3) is 1.42. The first-order chi connectivity index (χ1) is 8.68. The number of pyridine rings is 1. The van der Waals surface area contributed by atoms with Crippen LogP contribution in [0.1, 0.15) is 23.0 Å². The minimum absolute atomic E-state index is 0.0209. The maximum absolute atomic E-state index is 11.6. The van der Waals surface area contributed by atoms with Crippen molar-refractivity contribution >= 4 is 11.4 Å². The highest BCUT2D eigenvalue weighted by Gasteiger charge is 2.18. The average Bonchev–Trinajstić information content (AvgIpc) is 2.87. The maximum Gasteiger partial charge on any atom is 0.188 e. The number of aromatic amines is 1. The average molecular weight is 241 g/mol. The van der Waals surface area contributed by atoms with Gasteiger partial charge < -0.3 is 0 Å². The van der Waals surface area contributed by atoms with E-state index in [2.05, 4.69) is 20.3 Å². The molecule has 0 saturated carbocycles. The number of carbonyl (C=O) groups excluding carboxylic acids is 1.